The molecule has 0 saturated carbocycles. The van der Waals surface area contributed by atoms with Gasteiger partial charge in [-0.15, -0.1) is 0 Å². The maximum Gasteiger partial charge on any atom is 0.265 e. The number of nitrogens with zero attached hydrogens (tertiary/aromatic N) is 4. The van der Waals surface area contributed by atoms with Crippen molar-refractivity contribution in [2.24, 2.45) is 0 Å². The quantitative estimate of drug-likeness (QED) is 0.626. The molecule has 1 unspecified atom stereocenters. The molecule has 2 amide bonds. The van der Waals surface area contributed by atoms with E-state index in [1.54, 1.807) is 9.80 Å². The predicted molar refractivity (Wildman–Crippen MR) is 119 cm³/mol. The summed E-state index contributed by atoms with van der Waals surface area (Å²) in [6.07, 6.45) is 0.324. The van der Waals surface area contributed by atoms with Crippen molar-refractivity contribution in [3.05, 3.63) is 53.4 Å². The largest absolute Gasteiger partial charge is 0.482 e. The molecule has 1 aromatic heterocycles. The molecular weight excluding hydrogens is 408 g/mol. The Morgan fingerprint density at radius 2 is 1.91 bits per heavy atom. The van der Waals surface area contributed by atoms with Gasteiger partial charge in [-0.2, -0.15) is 4.98 Å². The summed E-state index contributed by atoms with van der Waals surface area (Å²) < 4.78 is 11.1. The van der Waals surface area contributed by atoms with Crippen LogP contribution in [-0.2, 0) is 9.59 Å². The van der Waals surface area contributed by atoms with Gasteiger partial charge < -0.3 is 19.1 Å². The first-order valence-electron chi connectivity index (χ1n) is 10.7. The molecule has 0 spiro atoms. The lowest BCUT2D eigenvalue weighted by Gasteiger charge is -2.28. The van der Waals surface area contributed by atoms with Crippen molar-refractivity contribution < 1.29 is 18.8 Å². The van der Waals surface area contributed by atoms with Crippen molar-refractivity contribution in [2.45, 2.75) is 33.1 Å². The third-order valence-corrected chi connectivity index (χ3v) is 6.19. The van der Waals surface area contributed by atoms with Crippen molar-refractivity contribution in [1.29, 1.82) is 0 Å². The van der Waals surface area contributed by atoms with E-state index in [4.69, 9.17) is 9.26 Å². The number of anilines is 2. The number of amides is 2. The van der Waals surface area contributed by atoms with E-state index in [0.29, 0.717) is 42.7 Å². The number of aryl methyl sites for hydroxylation is 2. The molecule has 164 valence electrons. The molecule has 1 saturated heterocycles. The predicted octanol–water partition coefficient (Wildman–Crippen LogP) is 3.62. The standard InChI is InChI=1S/C24H24N4O4/c1-4-27-19-10-16(6-8-20(19)31-13-22(27)30)23-25-24(32-26-23)17-11-21(29)28(12-17)18-7-5-14(2)15(3)9-18/h5-10,17H,4,11-13H2,1-3H3. The number of likely N-dealkylation sites (N-methyl/N-ethyl adjacent to an activating group) is 1. The van der Waals surface area contributed by atoms with Crippen molar-refractivity contribution in [3.8, 4) is 17.1 Å². The lowest BCUT2D eigenvalue weighted by atomic mass is 10.1. The van der Waals surface area contributed by atoms with Gasteiger partial charge in [0.2, 0.25) is 17.6 Å². The Kier molecular flexibility index (Phi) is 4.92. The number of carbonyl (C=O) groups is 2. The zero-order valence-electron chi connectivity index (χ0n) is 18.3. The van der Waals surface area contributed by atoms with E-state index in [1.165, 1.54) is 5.56 Å². The fraction of sp³-hybridized carbons (Fsp3) is 0.333. The second-order valence-corrected chi connectivity index (χ2v) is 8.24. The van der Waals surface area contributed by atoms with Gasteiger partial charge in [-0.1, -0.05) is 11.2 Å². The van der Waals surface area contributed by atoms with E-state index >= 15 is 0 Å². The number of benzene rings is 2. The fourth-order valence-corrected chi connectivity index (χ4v) is 4.22. The minimum atomic E-state index is -0.167. The number of hydrogen-bond donors (Lipinski definition) is 0. The summed E-state index contributed by atoms with van der Waals surface area (Å²) in [6.45, 7) is 7.10. The summed E-state index contributed by atoms with van der Waals surface area (Å²) in [4.78, 5) is 32.9. The van der Waals surface area contributed by atoms with E-state index in [0.717, 1.165) is 16.8 Å². The normalized spacial score (nSPS) is 18.2. The number of hydrogen-bond acceptors (Lipinski definition) is 6. The number of rotatable bonds is 4. The molecular formula is C24H24N4O4. The van der Waals surface area contributed by atoms with Crippen LogP contribution >= 0.6 is 0 Å². The Balaban J connectivity index is 1.39. The van der Waals surface area contributed by atoms with Crippen molar-refractivity contribution in [2.75, 3.05) is 29.5 Å². The van der Waals surface area contributed by atoms with E-state index in [-0.39, 0.29) is 24.3 Å². The second kappa shape index (κ2) is 7.78. The van der Waals surface area contributed by atoms with E-state index in [1.807, 2.05) is 50.2 Å². The number of aromatic nitrogens is 2. The third kappa shape index (κ3) is 3.41. The van der Waals surface area contributed by atoms with Crippen molar-refractivity contribution in [3.63, 3.8) is 0 Å². The molecule has 2 aliphatic heterocycles. The smallest absolute Gasteiger partial charge is 0.265 e. The van der Waals surface area contributed by atoms with Gasteiger partial charge in [-0.25, -0.2) is 0 Å². The fourth-order valence-electron chi connectivity index (χ4n) is 4.22. The molecule has 1 fully saturated rings. The summed E-state index contributed by atoms with van der Waals surface area (Å²) in [6, 6.07) is 11.5. The van der Waals surface area contributed by atoms with Crippen LogP contribution in [0, 0.1) is 13.8 Å². The highest BCUT2D eigenvalue weighted by Crippen LogP contribution is 2.36. The Hall–Kier alpha value is -3.68. The molecule has 8 nitrogen and oxygen atoms in total. The molecule has 2 aromatic carbocycles. The first-order valence-corrected chi connectivity index (χ1v) is 10.7. The number of fused-ring (bicyclic) bond motifs is 1. The van der Waals surface area contributed by atoms with Crippen LogP contribution in [0.5, 0.6) is 5.75 Å². The summed E-state index contributed by atoms with van der Waals surface area (Å²) in [5.74, 6) is 1.32. The number of carbonyl (C=O) groups excluding carboxylic acids is 2. The van der Waals surface area contributed by atoms with E-state index in [9.17, 15) is 9.59 Å². The van der Waals surface area contributed by atoms with Gasteiger partial charge >= 0.3 is 0 Å². The average molecular weight is 432 g/mol. The lowest BCUT2D eigenvalue weighted by molar-refractivity contribution is -0.121. The molecule has 5 rings (SSSR count). The Labute approximate surface area is 185 Å². The molecule has 32 heavy (non-hydrogen) atoms. The summed E-state index contributed by atoms with van der Waals surface area (Å²) in [5, 5.41) is 4.14. The molecule has 8 heteroatoms. The highest BCUT2D eigenvalue weighted by atomic mass is 16.5. The van der Waals surface area contributed by atoms with E-state index in [2.05, 4.69) is 17.1 Å². The molecule has 3 heterocycles. The maximum atomic E-state index is 12.7. The van der Waals surface area contributed by atoms with Crippen LogP contribution in [0.3, 0.4) is 0 Å². The van der Waals surface area contributed by atoms with Gasteiger partial charge in [0.25, 0.3) is 5.91 Å². The Bertz CT molecular complexity index is 1220. The lowest BCUT2D eigenvalue weighted by Crippen LogP contribution is -2.38. The van der Waals surface area contributed by atoms with Gasteiger partial charge in [-0.05, 0) is 62.2 Å². The van der Waals surface area contributed by atoms with Crippen LogP contribution in [0.15, 0.2) is 40.9 Å². The number of ether oxygens (including phenoxy) is 1. The summed E-state index contributed by atoms with van der Waals surface area (Å²) >= 11 is 0. The van der Waals surface area contributed by atoms with Gasteiger partial charge in [0.05, 0.1) is 11.6 Å². The van der Waals surface area contributed by atoms with Crippen LogP contribution in [-0.4, -0.2) is 41.7 Å². The molecule has 2 aliphatic rings. The molecule has 3 aromatic rings. The Morgan fingerprint density at radius 1 is 1.06 bits per heavy atom. The van der Waals surface area contributed by atoms with Gasteiger partial charge in [-0.3, -0.25) is 9.59 Å². The van der Waals surface area contributed by atoms with Gasteiger partial charge in [0, 0.05) is 30.8 Å². The highest BCUT2D eigenvalue weighted by molar-refractivity contribution is 5.98. The first-order chi connectivity index (χ1) is 15.4. The van der Waals surface area contributed by atoms with Crippen LogP contribution in [0.4, 0.5) is 11.4 Å². The topological polar surface area (TPSA) is 88.8 Å². The third-order valence-electron chi connectivity index (χ3n) is 6.19. The first kappa shape index (κ1) is 20.2. The highest BCUT2D eigenvalue weighted by Gasteiger charge is 2.35. The second-order valence-electron chi connectivity index (χ2n) is 8.24. The maximum absolute atomic E-state index is 12.7. The van der Waals surface area contributed by atoms with Crippen molar-refractivity contribution in [1.82, 2.24) is 10.1 Å². The minimum Gasteiger partial charge on any atom is -0.482 e. The molecule has 0 N–H and O–H groups in total. The average Bonchev–Trinajstić information content (AvgIpc) is 3.42. The van der Waals surface area contributed by atoms with Crippen molar-refractivity contribution >= 4 is 23.2 Å². The van der Waals surface area contributed by atoms with Crippen LogP contribution in [0.2, 0.25) is 0 Å². The zero-order valence-corrected chi connectivity index (χ0v) is 18.3. The van der Waals surface area contributed by atoms with Gasteiger partial charge in [0.15, 0.2) is 6.61 Å². The molecule has 1 atom stereocenters. The monoisotopic (exact) mass is 432 g/mol. The van der Waals surface area contributed by atoms with E-state index < -0.39 is 0 Å². The minimum absolute atomic E-state index is 0.0409. The van der Waals surface area contributed by atoms with Crippen LogP contribution in [0.25, 0.3) is 11.4 Å². The summed E-state index contributed by atoms with van der Waals surface area (Å²) in [5.41, 5.74) is 4.65. The van der Waals surface area contributed by atoms with Crippen LogP contribution < -0.4 is 14.5 Å². The van der Waals surface area contributed by atoms with Crippen LogP contribution in [0.1, 0.15) is 36.3 Å². The molecule has 0 radical (unpaired) electrons. The summed E-state index contributed by atoms with van der Waals surface area (Å²) in [7, 11) is 0. The Morgan fingerprint density at radius 3 is 2.69 bits per heavy atom. The molecule has 0 aliphatic carbocycles. The zero-order chi connectivity index (χ0) is 22.4. The SMILES string of the molecule is CCN1C(=O)COc2ccc(-c3noc(C4CC(=O)N(c5ccc(C)c(C)c5)C4)n3)cc21. The molecule has 0 bridgehead atoms. The van der Waals surface area contributed by atoms with Gasteiger partial charge in [0.1, 0.15) is 5.75 Å².